The third-order valence-electron chi connectivity index (χ3n) is 2.53. The fourth-order valence-corrected chi connectivity index (χ4v) is 2.09. The van der Waals surface area contributed by atoms with Crippen LogP contribution in [0.25, 0.3) is 0 Å². The lowest BCUT2D eigenvalue weighted by Gasteiger charge is -1.97. The van der Waals surface area contributed by atoms with Gasteiger partial charge in [-0.2, -0.15) is 0 Å². The van der Waals surface area contributed by atoms with E-state index < -0.39 is 9.84 Å². The molecule has 3 nitrogen and oxygen atoms in total. The number of aromatic nitrogens is 1. The van der Waals surface area contributed by atoms with Crippen molar-refractivity contribution in [3.63, 3.8) is 0 Å². The summed E-state index contributed by atoms with van der Waals surface area (Å²) < 4.78 is 22.6. The predicted molar refractivity (Wildman–Crippen MR) is 74.5 cm³/mol. The number of sulfone groups is 1. The summed E-state index contributed by atoms with van der Waals surface area (Å²) in [5, 5.41) is 0. The van der Waals surface area contributed by atoms with Gasteiger partial charge in [-0.05, 0) is 48.7 Å². The number of pyridine rings is 1. The summed E-state index contributed by atoms with van der Waals surface area (Å²) in [4.78, 5) is 4.48. The second kappa shape index (κ2) is 5.25. The normalized spacial score (nSPS) is 10.6. The van der Waals surface area contributed by atoms with Crippen molar-refractivity contribution in [1.82, 2.24) is 4.98 Å². The Balaban J connectivity index is 2.23. The molecule has 2 rings (SSSR count). The number of aryl methyl sites for hydroxylation is 1. The highest BCUT2D eigenvalue weighted by atomic mass is 32.2. The van der Waals surface area contributed by atoms with Crippen molar-refractivity contribution in [2.24, 2.45) is 0 Å². The third kappa shape index (κ3) is 3.67. The number of nitrogens with zero attached hydrogens (tertiary/aromatic N) is 1. The van der Waals surface area contributed by atoms with Gasteiger partial charge >= 0.3 is 0 Å². The maximum atomic E-state index is 11.3. The Bertz CT molecular complexity index is 733. The molecule has 0 amide bonds. The van der Waals surface area contributed by atoms with Crippen LogP contribution in [0.15, 0.2) is 47.5 Å². The van der Waals surface area contributed by atoms with E-state index >= 15 is 0 Å². The number of benzene rings is 1. The Morgan fingerprint density at radius 2 is 1.68 bits per heavy atom. The van der Waals surface area contributed by atoms with E-state index in [9.17, 15) is 8.42 Å². The molecular weight excluding hydrogens is 258 g/mol. The smallest absolute Gasteiger partial charge is 0.175 e. The molecule has 96 valence electrons. The van der Waals surface area contributed by atoms with Gasteiger partial charge in [-0.25, -0.2) is 13.4 Å². The lowest BCUT2D eigenvalue weighted by molar-refractivity contribution is 0.602. The highest BCUT2D eigenvalue weighted by Crippen LogP contribution is 2.09. The van der Waals surface area contributed by atoms with Gasteiger partial charge in [0.1, 0.15) is 5.69 Å². The largest absolute Gasteiger partial charge is 0.248 e. The number of hydrogen-bond acceptors (Lipinski definition) is 3. The van der Waals surface area contributed by atoms with E-state index in [1.54, 1.807) is 30.5 Å². The average molecular weight is 271 g/mol. The van der Waals surface area contributed by atoms with Crippen molar-refractivity contribution >= 4 is 9.84 Å². The molecule has 2 aromatic rings. The van der Waals surface area contributed by atoms with Gasteiger partial charge in [0.05, 0.1) is 4.90 Å². The molecule has 4 heteroatoms. The SMILES string of the molecule is Cc1ccc(C#Cc2ccc(S(C)(=O)=O)cc2)nc1. The average Bonchev–Trinajstić information content (AvgIpc) is 2.37. The Kier molecular flexibility index (Phi) is 3.68. The van der Waals surface area contributed by atoms with Crippen LogP contribution >= 0.6 is 0 Å². The van der Waals surface area contributed by atoms with Gasteiger partial charge < -0.3 is 0 Å². The van der Waals surface area contributed by atoms with Gasteiger partial charge in [-0.1, -0.05) is 12.0 Å². The Labute approximate surface area is 113 Å². The summed E-state index contributed by atoms with van der Waals surface area (Å²) >= 11 is 0. The summed E-state index contributed by atoms with van der Waals surface area (Å²) in [6.07, 6.45) is 2.95. The van der Waals surface area contributed by atoms with E-state index in [0.717, 1.165) is 11.1 Å². The summed E-state index contributed by atoms with van der Waals surface area (Å²) in [6, 6.07) is 10.3. The highest BCUT2D eigenvalue weighted by Gasteiger charge is 2.04. The number of rotatable bonds is 1. The van der Waals surface area contributed by atoms with E-state index in [4.69, 9.17) is 0 Å². The molecule has 0 saturated heterocycles. The highest BCUT2D eigenvalue weighted by molar-refractivity contribution is 7.90. The van der Waals surface area contributed by atoms with Crippen LogP contribution in [0.3, 0.4) is 0 Å². The van der Waals surface area contributed by atoms with E-state index in [1.807, 2.05) is 19.1 Å². The maximum absolute atomic E-state index is 11.3. The molecule has 0 saturated carbocycles. The molecule has 0 aliphatic carbocycles. The molecule has 19 heavy (non-hydrogen) atoms. The minimum absolute atomic E-state index is 0.298. The van der Waals surface area contributed by atoms with Gasteiger partial charge in [-0.3, -0.25) is 0 Å². The second-order valence-electron chi connectivity index (χ2n) is 4.27. The molecule has 0 atom stereocenters. The topological polar surface area (TPSA) is 47.0 Å². The summed E-state index contributed by atoms with van der Waals surface area (Å²) in [6.45, 7) is 1.97. The van der Waals surface area contributed by atoms with Crippen LogP contribution in [-0.2, 0) is 9.84 Å². The van der Waals surface area contributed by atoms with Crippen LogP contribution in [0.1, 0.15) is 16.8 Å². The zero-order valence-corrected chi connectivity index (χ0v) is 11.5. The molecule has 0 radical (unpaired) electrons. The predicted octanol–water partition coefficient (Wildman–Crippen LogP) is 2.19. The van der Waals surface area contributed by atoms with E-state index in [-0.39, 0.29) is 0 Å². The fraction of sp³-hybridized carbons (Fsp3) is 0.133. The van der Waals surface area contributed by atoms with Crippen LogP contribution in [-0.4, -0.2) is 19.7 Å². The third-order valence-corrected chi connectivity index (χ3v) is 3.66. The van der Waals surface area contributed by atoms with Gasteiger partial charge in [0, 0.05) is 18.0 Å². The van der Waals surface area contributed by atoms with E-state index in [1.165, 1.54) is 6.26 Å². The van der Waals surface area contributed by atoms with Crippen LogP contribution in [0.5, 0.6) is 0 Å². The van der Waals surface area contributed by atoms with Gasteiger partial charge in [0.25, 0.3) is 0 Å². The van der Waals surface area contributed by atoms with Crippen LogP contribution in [0, 0.1) is 18.8 Å². The Morgan fingerprint density at radius 3 is 2.21 bits per heavy atom. The first-order valence-corrected chi connectivity index (χ1v) is 7.59. The monoisotopic (exact) mass is 271 g/mol. The quantitative estimate of drug-likeness (QED) is 0.747. The Hall–Kier alpha value is -2.12. The van der Waals surface area contributed by atoms with Crippen molar-refractivity contribution < 1.29 is 8.42 Å². The van der Waals surface area contributed by atoms with Gasteiger partial charge in [0.2, 0.25) is 0 Å². The molecular formula is C15H13NO2S. The first-order chi connectivity index (χ1) is 8.95. The molecule has 0 fully saturated rings. The van der Waals surface area contributed by atoms with Crippen LogP contribution in [0.4, 0.5) is 0 Å². The molecule has 0 spiro atoms. The van der Waals surface area contributed by atoms with Crippen molar-refractivity contribution in [2.75, 3.05) is 6.26 Å². The Morgan fingerprint density at radius 1 is 1.00 bits per heavy atom. The van der Waals surface area contributed by atoms with Crippen molar-refractivity contribution in [1.29, 1.82) is 0 Å². The minimum Gasteiger partial charge on any atom is -0.248 e. The van der Waals surface area contributed by atoms with Crippen molar-refractivity contribution in [3.8, 4) is 11.8 Å². The second-order valence-corrected chi connectivity index (χ2v) is 6.28. The summed E-state index contributed by atoms with van der Waals surface area (Å²) in [5.41, 5.74) is 2.54. The first kappa shape index (κ1) is 13.3. The summed E-state index contributed by atoms with van der Waals surface area (Å²) in [7, 11) is -3.15. The zero-order chi connectivity index (χ0) is 13.9. The number of hydrogen-bond donors (Lipinski definition) is 0. The lowest BCUT2D eigenvalue weighted by Crippen LogP contribution is -1.96. The van der Waals surface area contributed by atoms with Crippen LogP contribution in [0.2, 0.25) is 0 Å². The van der Waals surface area contributed by atoms with E-state index in [2.05, 4.69) is 16.8 Å². The molecule has 1 heterocycles. The van der Waals surface area contributed by atoms with E-state index in [0.29, 0.717) is 10.6 Å². The maximum Gasteiger partial charge on any atom is 0.175 e. The molecule has 0 N–H and O–H groups in total. The fourth-order valence-electron chi connectivity index (χ4n) is 1.46. The molecule has 0 bridgehead atoms. The summed E-state index contributed by atoms with van der Waals surface area (Å²) in [5.74, 6) is 5.89. The minimum atomic E-state index is -3.15. The van der Waals surface area contributed by atoms with Crippen molar-refractivity contribution in [2.45, 2.75) is 11.8 Å². The lowest BCUT2D eigenvalue weighted by atomic mass is 10.2. The molecule has 0 aliphatic rings. The molecule has 0 aliphatic heterocycles. The molecule has 1 aromatic carbocycles. The van der Waals surface area contributed by atoms with Crippen LogP contribution < -0.4 is 0 Å². The van der Waals surface area contributed by atoms with Crippen molar-refractivity contribution in [3.05, 3.63) is 59.4 Å². The first-order valence-electron chi connectivity index (χ1n) is 5.70. The van der Waals surface area contributed by atoms with Gasteiger partial charge in [-0.15, -0.1) is 0 Å². The zero-order valence-electron chi connectivity index (χ0n) is 10.7. The molecule has 1 aromatic heterocycles. The van der Waals surface area contributed by atoms with Gasteiger partial charge in [0.15, 0.2) is 9.84 Å². The molecule has 0 unspecified atom stereocenters. The standard InChI is InChI=1S/C15H13NO2S/c1-12-3-7-14(16-11-12)8-4-13-5-9-15(10-6-13)19(2,17)18/h3,5-7,9-11H,1-2H3.